The lowest BCUT2D eigenvalue weighted by Crippen LogP contribution is -2.45. The van der Waals surface area contributed by atoms with Crippen LogP contribution in [0.2, 0.25) is 18.6 Å². The maximum absolute atomic E-state index is 16.5. The Morgan fingerprint density at radius 1 is 1.19 bits per heavy atom. The second kappa shape index (κ2) is 15.1. The van der Waals surface area contributed by atoms with Crippen molar-refractivity contribution < 1.29 is 28.5 Å². The lowest BCUT2D eigenvalue weighted by atomic mass is 9.82. The summed E-state index contributed by atoms with van der Waals surface area (Å²) < 4.78 is 24.9. The topological polar surface area (TPSA) is 165 Å². The third kappa shape index (κ3) is 7.08. The first kappa shape index (κ1) is 37.5. The van der Waals surface area contributed by atoms with Crippen molar-refractivity contribution in [1.82, 2.24) is 20.3 Å². The Bertz CT molecular complexity index is 2020. The standard InChI is InChI=1S/C39H46FN7O6Si/c1-25-36(54(2,3)40)35(16-18-45-23-33(43-44-45)31(24-48)27-10-5-4-6-11-27)53-39(25)32-20-30(47(51)52)14-15-34(32)46(38(39)50)22-26-9-7-13-29(19-26)42-37(49)28-12-8-17-41-21-28/h4-7,9-11,13-15,19-20,23,25,28,31,35-36,41,48H,8,12,16-18,21-22,24H2,1-3H3,(H,42,49)/t25-,28?,31?,35+,36-,39+/m1/s1. The molecule has 1 aromatic heterocycles. The van der Waals surface area contributed by atoms with Crippen molar-refractivity contribution in [3.63, 3.8) is 0 Å². The predicted octanol–water partition coefficient (Wildman–Crippen LogP) is 5.66. The number of halogens is 1. The SMILES string of the molecule is C[C@@H]1[C@@H]([Si](C)(C)F)[C@H](CCn2cc(C(CO)c3ccccc3)nn2)O[C@@]12C(=O)N(Cc1cccc(NC(=O)C3CCCNC3)c1)c1ccc([N+](=O)[O-])cc12. The van der Waals surface area contributed by atoms with E-state index in [4.69, 9.17) is 4.74 Å². The van der Waals surface area contributed by atoms with Crippen molar-refractivity contribution in [3.05, 3.63) is 111 Å². The quantitative estimate of drug-likeness (QED) is 0.0717. The highest BCUT2D eigenvalue weighted by atomic mass is 28.4. The van der Waals surface area contributed by atoms with Gasteiger partial charge >= 0.3 is 0 Å². The van der Waals surface area contributed by atoms with Crippen molar-refractivity contribution in [2.45, 2.75) is 75.5 Å². The van der Waals surface area contributed by atoms with Crippen LogP contribution in [0.1, 0.15) is 54.5 Å². The van der Waals surface area contributed by atoms with Crippen LogP contribution in [0.25, 0.3) is 0 Å². The Morgan fingerprint density at radius 2 is 1.98 bits per heavy atom. The van der Waals surface area contributed by atoms with Crippen molar-refractivity contribution in [2.24, 2.45) is 11.8 Å². The normalized spacial score (nSPS) is 24.5. The number of aryl methyl sites for hydroxylation is 1. The number of nitro groups is 1. The van der Waals surface area contributed by atoms with Gasteiger partial charge in [0.05, 0.1) is 47.4 Å². The molecule has 284 valence electrons. The van der Waals surface area contributed by atoms with Gasteiger partial charge in [-0.05, 0) is 68.2 Å². The van der Waals surface area contributed by atoms with Crippen LogP contribution in [0.15, 0.2) is 79.0 Å². The number of aliphatic hydroxyl groups is 1. The number of rotatable bonds is 12. The zero-order valence-electron chi connectivity index (χ0n) is 30.7. The molecule has 2 saturated heterocycles. The van der Waals surface area contributed by atoms with Gasteiger partial charge in [0.15, 0.2) is 5.60 Å². The molecule has 4 heterocycles. The molecular weight excluding hydrogens is 710 g/mol. The number of carbonyl (C=O) groups excluding carboxylic acids is 2. The Morgan fingerprint density at radius 3 is 2.69 bits per heavy atom. The van der Waals surface area contributed by atoms with Crippen LogP contribution >= 0.6 is 0 Å². The largest absolute Gasteiger partial charge is 0.395 e. The molecule has 2 unspecified atom stereocenters. The first-order valence-electron chi connectivity index (χ1n) is 18.5. The van der Waals surface area contributed by atoms with Crippen LogP contribution in [-0.2, 0) is 33.0 Å². The molecule has 13 nitrogen and oxygen atoms in total. The fourth-order valence-electron chi connectivity index (χ4n) is 8.72. The van der Waals surface area contributed by atoms with Gasteiger partial charge in [0.1, 0.15) is 0 Å². The molecule has 15 heteroatoms. The number of hydrogen-bond donors (Lipinski definition) is 3. The number of benzene rings is 3. The fraction of sp³-hybridized carbons (Fsp3) is 0.436. The molecule has 3 aromatic carbocycles. The monoisotopic (exact) mass is 755 g/mol. The van der Waals surface area contributed by atoms with Crippen LogP contribution in [-0.4, -0.2) is 71.0 Å². The maximum Gasteiger partial charge on any atom is 0.269 e. The molecule has 2 amide bonds. The zero-order valence-corrected chi connectivity index (χ0v) is 31.7. The molecule has 6 atom stereocenters. The number of nitro benzene ring substituents is 1. The molecule has 0 bridgehead atoms. The third-order valence-electron chi connectivity index (χ3n) is 11.3. The molecule has 4 aromatic rings. The van der Waals surface area contributed by atoms with Gasteiger partial charge in [0.25, 0.3) is 11.6 Å². The van der Waals surface area contributed by atoms with Gasteiger partial charge in [-0.25, -0.2) is 0 Å². The highest BCUT2D eigenvalue weighted by Gasteiger charge is 2.67. The van der Waals surface area contributed by atoms with E-state index >= 15 is 4.11 Å². The average Bonchev–Trinajstić information content (AvgIpc) is 3.82. The minimum atomic E-state index is -3.52. The van der Waals surface area contributed by atoms with Gasteiger partial charge < -0.3 is 29.5 Å². The van der Waals surface area contributed by atoms with E-state index in [0.717, 1.165) is 30.5 Å². The minimum absolute atomic E-state index is 0.0667. The van der Waals surface area contributed by atoms with Gasteiger partial charge in [-0.1, -0.05) is 54.6 Å². The van der Waals surface area contributed by atoms with E-state index in [2.05, 4.69) is 20.9 Å². The van der Waals surface area contributed by atoms with Gasteiger partial charge in [0, 0.05) is 54.1 Å². The summed E-state index contributed by atoms with van der Waals surface area (Å²) in [6.07, 6.45) is 3.11. The minimum Gasteiger partial charge on any atom is -0.395 e. The molecule has 0 aliphatic carbocycles. The highest BCUT2D eigenvalue weighted by Crippen LogP contribution is 2.60. The summed E-state index contributed by atoms with van der Waals surface area (Å²) in [6.45, 7) is 6.82. The summed E-state index contributed by atoms with van der Waals surface area (Å²) in [5.41, 5.74) is 1.18. The lowest BCUT2D eigenvalue weighted by Gasteiger charge is -2.31. The van der Waals surface area contributed by atoms with E-state index in [9.17, 15) is 24.8 Å². The summed E-state index contributed by atoms with van der Waals surface area (Å²) in [5, 5.41) is 37.1. The second-order valence-corrected chi connectivity index (χ2v) is 19.0. The Labute approximate surface area is 314 Å². The van der Waals surface area contributed by atoms with E-state index in [-0.39, 0.29) is 36.6 Å². The van der Waals surface area contributed by atoms with Gasteiger partial charge in [-0.2, -0.15) is 0 Å². The molecule has 3 aliphatic heterocycles. The van der Waals surface area contributed by atoms with Crippen molar-refractivity contribution in [2.75, 3.05) is 29.9 Å². The molecular formula is C39H46FN7O6Si. The number of non-ortho nitro benzene ring substituents is 1. The average molecular weight is 756 g/mol. The Hall–Kier alpha value is -4.83. The van der Waals surface area contributed by atoms with Crippen LogP contribution in [0, 0.1) is 22.0 Å². The predicted molar refractivity (Wildman–Crippen MR) is 203 cm³/mol. The number of piperidine rings is 1. The van der Waals surface area contributed by atoms with E-state index < -0.39 is 42.4 Å². The first-order chi connectivity index (χ1) is 25.9. The van der Waals surface area contributed by atoms with Crippen LogP contribution in [0.4, 0.5) is 21.2 Å². The van der Waals surface area contributed by atoms with Gasteiger partial charge in [0.2, 0.25) is 14.3 Å². The molecule has 3 N–H and O–H groups in total. The van der Waals surface area contributed by atoms with E-state index in [1.807, 2.05) is 55.5 Å². The van der Waals surface area contributed by atoms with E-state index in [1.165, 1.54) is 12.1 Å². The van der Waals surface area contributed by atoms with E-state index in [1.54, 1.807) is 41.0 Å². The highest BCUT2D eigenvalue weighted by molar-refractivity contribution is 6.72. The molecule has 7 rings (SSSR count). The Kier molecular flexibility index (Phi) is 10.5. The second-order valence-electron chi connectivity index (χ2n) is 15.2. The van der Waals surface area contributed by atoms with Crippen LogP contribution < -0.4 is 15.5 Å². The summed E-state index contributed by atoms with van der Waals surface area (Å²) in [5.74, 6) is -1.62. The summed E-state index contributed by atoms with van der Waals surface area (Å²) >= 11 is 0. The number of aliphatic hydroxyl groups excluding tert-OH is 1. The molecule has 0 radical (unpaired) electrons. The number of amides is 2. The molecule has 1 spiro atoms. The van der Waals surface area contributed by atoms with Crippen molar-refractivity contribution in [1.29, 1.82) is 0 Å². The number of nitrogens with zero attached hydrogens (tertiary/aromatic N) is 5. The smallest absolute Gasteiger partial charge is 0.269 e. The summed E-state index contributed by atoms with van der Waals surface area (Å²) in [6, 6.07) is 21.2. The van der Waals surface area contributed by atoms with Crippen LogP contribution in [0.5, 0.6) is 0 Å². The molecule has 3 aliphatic rings. The first-order valence-corrected chi connectivity index (χ1v) is 21.5. The number of nitrogens with one attached hydrogen (secondary N) is 2. The third-order valence-corrected chi connectivity index (χ3v) is 13.8. The summed E-state index contributed by atoms with van der Waals surface area (Å²) in [7, 11) is -3.52. The molecule has 0 saturated carbocycles. The van der Waals surface area contributed by atoms with Gasteiger partial charge in [-0.15, -0.1) is 5.10 Å². The van der Waals surface area contributed by atoms with Crippen molar-refractivity contribution >= 4 is 37.3 Å². The number of anilines is 2. The number of aromatic nitrogens is 3. The zero-order chi connectivity index (χ0) is 38.2. The van der Waals surface area contributed by atoms with Gasteiger partial charge in [-0.3, -0.25) is 24.4 Å². The Balaban J connectivity index is 1.17. The number of carbonyl (C=O) groups is 2. The molecule has 54 heavy (non-hydrogen) atoms. The number of ether oxygens (including phenoxy) is 1. The summed E-state index contributed by atoms with van der Waals surface area (Å²) in [4.78, 5) is 41.0. The van der Waals surface area contributed by atoms with Crippen molar-refractivity contribution in [3.8, 4) is 0 Å². The number of hydrogen-bond acceptors (Lipinski definition) is 9. The maximum atomic E-state index is 16.5. The van der Waals surface area contributed by atoms with Crippen LogP contribution in [0.3, 0.4) is 0 Å². The van der Waals surface area contributed by atoms with E-state index in [0.29, 0.717) is 42.1 Å². The molecule has 2 fully saturated rings. The fourth-order valence-corrected chi connectivity index (χ4v) is 11.3. The number of fused-ring (bicyclic) bond motifs is 2. The lowest BCUT2D eigenvalue weighted by molar-refractivity contribution is -0.385.